The van der Waals surface area contributed by atoms with E-state index in [2.05, 4.69) is 12.1 Å². The Bertz CT molecular complexity index is 974. The van der Waals surface area contributed by atoms with Crippen LogP contribution in [-0.2, 0) is 26.4 Å². The van der Waals surface area contributed by atoms with Crippen LogP contribution in [-0.4, -0.2) is 56.0 Å². The molecule has 1 heterocycles. The summed E-state index contributed by atoms with van der Waals surface area (Å²) in [6.07, 6.45) is 4.98. The van der Waals surface area contributed by atoms with Crippen LogP contribution in [0.15, 0.2) is 42.5 Å². The van der Waals surface area contributed by atoms with E-state index in [0.29, 0.717) is 24.5 Å². The summed E-state index contributed by atoms with van der Waals surface area (Å²) in [5, 5.41) is 20.7. The van der Waals surface area contributed by atoms with Crippen LogP contribution in [0.4, 0.5) is 0 Å². The van der Waals surface area contributed by atoms with Crippen molar-refractivity contribution in [1.29, 1.82) is 0 Å². The Morgan fingerprint density at radius 2 is 1.83 bits per heavy atom. The molecule has 1 aliphatic carbocycles. The zero-order chi connectivity index (χ0) is 25.6. The van der Waals surface area contributed by atoms with Gasteiger partial charge in [0.15, 0.2) is 5.79 Å². The Labute approximate surface area is 219 Å². The molecule has 3 atom stereocenters. The summed E-state index contributed by atoms with van der Waals surface area (Å²) >= 11 is 6.56. The van der Waals surface area contributed by atoms with Crippen molar-refractivity contribution < 1.29 is 29.2 Å². The first kappa shape index (κ1) is 27.4. The molecule has 36 heavy (non-hydrogen) atoms. The molecule has 1 saturated heterocycles. The maximum atomic E-state index is 10.4. The van der Waals surface area contributed by atoms with Gasteiger partial charge in [-0.3, -0.25) is 0 Å². The molecule has 6 nitrogen and oxygen atoms in total. The highest BCUT2D eigenvalue weighted by atomic mass is 35.5. The summed E-state index contributed by atoms with van der Waals surface area (Å²) < 4.78 is 23.8. The molecule has 0 radical (unpaired) electrons. The number of ether oxygens (including phenoxy) is 4. The van der Waals surface area contributed by atoms with Gasteiger partial charge in [-0.15, -0.1) is 0 Å². The second-order valence-corrected chi connectivity index (χ2v) is 10.6. The van der Waals surface area contributed by atoms with Gasteiger partial charge in [0.25, 0.3) is 0 Å². The molecule has 198 valence electrons. The van der Waals surface area contributed by atoms with Crippen molar-refractivity contribution in [2.45, 2.75) is 69.9 Å². The first-order valence-electron chi connectivity index (χ1n) is 13.0. The summed E-state index contributed by atoms with van der Waals surface area (Å²) in [4.78, 5) is 0. The zero-order valence-electron chi connectivity index (χ0n) is 21.4. The van der Waals surface area contributed by atoms with Gasteiger partial charge in [-0.25, -0.2) is 0 Å². The highest BCUT2D eigenvalue weighted by Gasteiger charge is 2.43. The summed E-state index contributed by atoms with van der Waals surface area (Å²) in [6.45, 7) is 4.04. The summed E-state index contributed by atoms with van der Waals surface area (Å²) in [7, 11) is 1.56. The molecule has 2 aromatic carbocycles. The predicted octanol–water partition coefficient (Wildman–Crippen LogP) is 5.24. The lowest BCUT2D eigenvalue weighted by Crippen LogP contribution is -2.46. The summed E-state index contributed by atoms with van der Waals surface area (Å²) in [5.74, 6) is -0.265. The Morgan fingerprint density at radius 3 is 2.50 bits per heavy atom. The highest BCUT2D eigenvalue weighted by Crippen LogP contribution is 2.41. The molecule has 2 aromatic rings. The van der Waals surface area contributed by atoms with Crippen LogP contribution in [0.25, 0.3) is 0 Å². The lowest BCUT2D eigenvalue weighted by molar-refractivity contribution is -0.298. The van der Waals surface area contributed by atoms with E-state index < -0.39 is 18.0 Å². The molecular weight excluding hydrogens is 480 g/mol. The highest BCUT2D eigenvalue weighted by molar-refractivity contribution is 6.31. The van der Waals surface area contributed by atoms with Crippen LogP contribution in [0.3, 0.4) is 0 Å². The van der Waals surface area contributed by atoms with Gasteiger partial charge >= 0.3 is 0 Å². The summed E-state index contributed by atoms with van der Waals surface area (Å²) in [6, 6.07) is 13.8. The lowest BCUT2D eigenvalue weighted by atomic mass is 9.88. The zero-order valence-corrected chi connectivity index (χ0v) is 22.1. The van der Waals surface area contributed by atoms with E-state index in [0.717, 1.165) is 48.5 Å². The van der Waals surface area contributed by atoms with E-state index in [1.54, 1.807) is 7.11 Å². The number of benzene rings is 2. The molecule has 1 saturated carbocycles. The van der Waals surface area contributed by atoms with Gasteiger partial charge in [0.1, 0.15) is 5.75 Å². The van der Waals surface area contributed by atoms with E-state index in [1.165, 1.54) is 12.8 Å². The van der Waals surface area contributed by atoms with Gasteiger partial charge in [0.2, 0.25) is 0 Å². The molecule has 2 fully saturated rings. The first-order valence-corrected chi connectivity index (χ1v) is 13.4. The van der Waals surface area contributed by atoms with Crippen molar-refractivity contribution in [2.24, 2.45) is 5.41 Å². The molecule has 7 heteroatoms. The molecule has 0 bridgehead atoms. The molecule has 0 spiro atoms. The normalized spacial score (nSPS) is 25.7. The lowest BCUT2D eigenvalue weighted by Gasteiger charge is -2.42. The molecule has 2 aliphatic rings. The van der Waals surface area contributed by atoms with Crippen LogP contribution in [0.1, 0.15) is 62.1 Å². The van der Waals surface area contributed by atoms with Crippen LogP contribution >= 0.6 is 11.6 Å². The Hall–Kier alpha value is -1.67. The van der Waals surface area contributed by atoms with Crippen LogP contribution in [0.5, 0.6) is 5.75 Å². The molecule has 1 unspecified atom stereocenters. The van der Waals surface area contributed by atoms with E-state index in [9.17, 15) is 10.2 Å². The molecule has 4 rings (SSSR count). The molecule has 0 aromatic heterocycles. The average Bonchev–Trinajstić information content (AvgIpc) is 3.37. The van der Waals surface area contributed by atoms with Crippen LogP contribution < -0.4 is 4.74 Å². The van der Waals surface area contributed by atoms with Gasteiger partial charge < -0.3 is 29.2 Å². The SMILES string of the molecule is CCOCC1(COc2ccc(Cc3cc(C4(OC)C[C@@H](O)C[C@@H](CO)O4)ccc3Cl)cc2)CCCC1. The number of hydrogen-bond acceptors (Lipinski definition) is 6. The number of rotatable bonds is 11. The maximum Gasteiger partial charge on any atom is 0.197 e. The molecule has 1 aliphatic heterocycles. The van der Waals surface area contributed by atoms with Crippen molar-refractivity contribution in [3.63, 3.8) is 0 Å². The monoisotopic (exact) mass is 518 g/mol. The third-order valence-electron chi connectivity index (χ3n) is 7.55. The van der Waals surface area contributed by atoms with E-state index in [-0.39, 0.29) is 18.4 Å². The first-order chi connectivity index (χ1) is 17.4. The number of aliphatic hydroxyl groups is 2. The fraction of sp³-hybridized carbons (Fsp3) is 0.586. The predicted molar refractivity (Wildman–Crippen MR) is 139 cm³/mol. The third-order valence-corrected chi connectivity index (χ3v) is 7.92. The molecular formula is C29H39ClO6. The fourth-order valence-corrected chi connectivity index (χ4v) is 5.67. The number of halogens is 1. The number of hydrogen-bond donors (Lipinski definition) is 2. The minimum atomic E-state index is -1.13. The largest absolute Gasteiger partial charge is 0.493 e. The second kappa shape index (κ2) is 12.2. The Balaban J connectivity index is 1.44. The van der Waals surface area contributed by atoms with Crippen LogP contribution in [0.2, 0.25) is 5.02 Å². The number of aliphatic hydroxyl groups excluding tert-OH is 2. The summed E-state index contributed by atoms with van der Waals surface area (Å²) in [5.41, 5.74) is 2.95. The Morgan fingerprint density at radius 1 is 1.08 bits per heavy atom. The minimum absolute atomic E-state index is 0.129. The Kier molecular flexibility index (Phi) is 9.31. The van der Waals surface area contributed by atoms with Crippen molar-refractivity contribution in [3.05, 3.63) is 64.2 Å². The number of methoxy groups -OCH3 is 1. The fourth-order valence-electron chi connectivity index (χ4n) is 5.49. The van der Waals surface area contributed by atoms with Gasteiger partial charge in [-0.2, -0.15) is 0 Å². The van der Waals surface area contributed by atoms with Crippen LogP contribution in [0, 0.1) is 5.41 Å². The third kappa shape index (κ3) is 6.42. The topological polar surface area (TPSA) is 77.4 Å². The standard InChI is InChI=1S/C29H39ClO6/c1-3-34-19-28(12-4-5-13-28)20-35-25-9-6-21(7-10-25)14-22-15-23(8-11-27(22)30)29(33-2)17-24(32)16-26(18-31)36-29/h6-11,15,24,26,31-32H,3-5,12-14,16-20H2,1-2H3/t24-,26-,29?/m0/s1. The minimum Gasteiger partial charge on any atom is -0.493 e. The van der Waals surface area contributed by atoms with Gasteiger partial charge in [0.05, 0.1) is 32.0 Å². The smallest absolute Gasteiger partial charge is 0.197 e. The van der Waals surface area contributed by atoms with E-state index in [4.69, 9.17) is 30.5 Å². The molecule has 0 amide bonds. The second-order valence-electron chi connectivity index (χ2n) is 10.2. The quantitative estimate of drug-likeness (QED) is 0.423. The van der Waals surface area contributed by atoms with E-state index >= 15 is 0 Å². The van der Waals surface area contributed by atoms with Crippen molar-refractivity contribution in [1.82, 2.24) is 0 Å². The molecule has 2 N–H and O–H groups in total. The van der Waals surface area contributed by atoms with Gasteiger partial charge in [-0.05, 0) is 61.6 Å². The van der Waals surface area contributed by atoms with E-state index in [1.807, 2.05) is 37.3 Å². The van der Waals surface area contributed by atoms with Gasteiger partial charge in [0, 0.05) is 42.6 Å². The van der Waals surface area contributed by atoms with Crippen molar-refractivity contribution in [2.75, 3.05) is 33.5 Å². The maximum absolute atomic E-state index is 10.4. The van der Waals surface area contributed by atoms with Crippen molar-refractivity contribution in [3.8, 4) is 5.75 Å². The van der Waals surface area contributed by atoms with Crippen molar-refractivity contribution >= 4 is 11.6 Å². The van der Waals surface area contributed by atoms with Gasteiger partial charge in [-0.1, -0.05) is 42.6 Å². The average molecular weight is 519 g/mol.